The number of hydrogen-bond donors (Lipinski definition) is 1. The van der Waals surface area contributed by atoms with E-state index in [1.54, 1.807) is 11.3 Å². The van der Waals surface area contributed by atoms with Gasteiger partial charge in [0.1, 0.15) is 0 Å². The fourth-order valence-corrected chi connectivity index (χ4v) is 3.00. The fourth-order valence-electron chi connectivity index (χ4n) is 2.29. The largest absolute Gasteiger partial charge is 0.307 e. The third-order valence-electron chi connectivity index (χ3n) is 2.83. The fraction of sp³-hybridized carbons (Fsp3) is 0.636. The van der Waals surface area contributed by atoms with E-state index in [9.17, 15) is 0 Å². The first kappa shape index (κ1) is 9.22. The van der Waals surface area contributed by atoms with E-state index in [1.807, 2.05) is 0 Å². The Kier molecular flexibility index (Phi) is 2.70. The van der Waals surface area contributed by atoms with Crippen LogP contribution in [0.25, 0.3) is 0 Å². The lowest BCUT2D eigenvalue weighted by Crippen LogP contribution is -2.37. The van der Waals surface area contributed by atoms with Gasteiger partial charge in [0.15, 0.2) is 0 Å². The molecule has 0 aliphatic carbocycles. The van der Waals surface area contributed by atoms with Crippen LogP contribution in [0.3, 0.4) is 0 Å². The summed E-state index contributed by atoms with van der Waals surface area (Å²) in [6.45, 7) is 4.64. The topological polar surface area (TPSA) is 12.0 Å². The predicted molar refractivity (Wildman–Crippen MR) is 58.1 cm³/mol. The molecule has 0 amide bonds. The van der Waals surface area contributed by atoms with E-state index in [-0.39, 0.29) is 0 Å². The van der Waals surface area contributed by atoms with Crippen molar-refractivity contribution >= 4 is 11.3 Å². The quantitative estimate of drug-likeness (QED) is 0.725. The van der Waals surface area contributed by atoms with Crippen molar-refractivity contribution < 1.29 is 0 Å². The van der Waals surface area contributed by atoms with E-state index >= 15 is 0 Å². The molecule has 1 nitrogen and oxygen atoms in total. The molecule has 1 aliphatic heterocycles. The minimum absolute atomic E-state index is 0.602. The summed E-state index contributed by atoms with van der Waals surface area (Å²) in [7, 11) is 0. The van der Waals surface area contributed by atoms with Crippen LogP contribution in [0.2, 0.25) is 0 Å². The summed E-state index contributed by atoms with van der Waals surface area (Å²) in [6.07, 6.45) is 2.61. The molecule has 0 aromatic carbocycles. The maximum atomic E-state index is 3.66. The smallest absolute Gasteiger partial charge is 0.0333 e. The number of hydrogen-bond acceptors (Lipinski definition) is 2. The van der Waals surface area contributed by atoms with Crippen molar-refractivity contribution in [2.45, 2.75) is 38.8 Å². The molecule has 0 radical (unpaired) electrons. The maximum absolute atomic E-state index is 3.66. The third kappa shape index (κ3) is 2.12. The van der Waals surface area contributed by atoms with E-state index in [0.717, 1.165) is 5.92 Å². The standard InChI is InChI=1S/C11H17NS/c1-8-5-9(2)12-11(6-8)10-3-4-13-7-10/h3-4,7-9,11-12H,5-6H2,1-2H3. The Morgan fingerprint density at radius 3 is 2.85 bits per heavy atom. The molecular weight excluding hydrogens is 178 g/mol. The molecule has 2 heterocycles. The average Bonchev–Trinajstić information content (AvgIpc) is 2.53. The SMILES string of the molecule is CC1CC(C)NC(c2ccsc2)C1. The van der Waals surface area contributed by atoms with Crippen molar-refractivity contribution in [1.82, 2.24) is 5.32 Å². The molecule has 1 aliphatic rings. The summed E-state index contributed by atoms with van der Waals surface area (Å²) >= 11 is 1.80. The first-order valence-corrected chi connectivity index (χ1v) is 5.98. The van der Waals surface area contributed by atoms with Crippen LogP contribution in [-0.4, -0.2) is 6.04 Å². The Balaban J connectivity index is 2.07. The first-order chi connectivity index (χ1) is 6.25. The van der Waals surface area contributed by atoms with Crippen LogP contribution in [0.15, 0.2) is 16.8 Å². The van der Waals surface area contributed by atoms with E-state index in [1.165, 1.54) is 18.4 Å². The lowest BCUT2D eigenvalue weighted by Gasteiger charge is -2.32. The highest BCUT2D eigenvalue weighted by atomic mass is 32.1. The summed E-state index contributed by atoms with van der Waals surface area (Å²) < 4.78 is 0. The molecule has 72 valence electrons. The molecular formula is C11H17NS. The van der Waals surface area contributed by atoms with Crippen molar-refractivity contribution in [2.75, 3.05) is 0 Å². The van der Waals surface area contributed by atoms with Crippen LogP contribution in [0.1, 0.15) is 38.3 Å². The Morgan fingerprint density at radius 2 is 2.23 bits per heavy atom. The Labute approximate surface area is 84.2 Å². The van der Waals surface area contributed by atoms with Crippen LogP contribution in [-0.2, 0) is 0 Å². The monoisotopic (exact) mass is 195 g/mol. The van der Waals surface area contributed by atoms with E-state index in [2.05, 4.69) is 36.0 Å². The van der Waals surface area contributed by atoms with Crippen molar-refractivity contribution in [3.05, 3.63) is 22.4 Å². The van der Waals surface area contributed by atoms with Crippen LogP contribution >= 0.6 is 11.3 Å². The highest BCUT2D eigenvalue weighted by molar-refractivity contribution is 7.07. The van der Waals surface area contributed by atoms with Crippen LogP contribution in [0.5, 0.6) is 0 Å². The minimum atomic E-state index is 0.602. The van der Waals surface area contributed by atoms with Crippen LogP contribution < -0.4 is 5.32 Å². The highest BCUT2D eigenvalue weighted by Crippen LogP contribution is 2.30. The molecule has 3 unspecified atom stereocenters. The van der Waals surface area contributed by atoms with Gasteiger partial charge in [0, 0.05) is 12.1 Å². The molecule has 1 saturated heterocycles. The molecule has 0 spiro atoms. The normalized spacial score (nSPS) is 34.8. The first-order valence-electron chi connectivity index (χ1n) is 5.04. The second-order valence-electron chi connectivity index (χ2n) is 4.25. The van der Waals surface area contributed by atoms with Crippen molar-refractivity contribution in [2.24, 2.45) is 5.92 Å². The highest BCUT2D eigenvalue weighted by Gasteiger charge is 2.23. The number of nitrogens with one attached hydrogen (secondary N) is 1. The van der Waals surface area contributed by atoms with Gasteiger partial charge in [-0.15, -0.1) is 0 Å². The van der Waals surface area contributed by atoms with Gasteiger partial charge in [-0.25, -0.2) is 0 Å². The second kappa shape index (κ2) is 3.81. The molecule has 2 rings (SSSR count). The van der Waals surface area contributed by atoms with Gasteiger partial charge in [0.25, 0.3) is 0 Å². The van der Waals surface area contributed by atoms with E-state index in [0.29, 0.717) is 12.1 Å². The summed E-state index contributed by atoms with van der Waals surface area (Å²) in [5.74, 6) is 0.862. The molecule has 1 aromatic rings. The summed E-state index contributed by atoms with van der Waals surface area (Å²) in [5, 5.41) is 8.09. The van der Waals surface area contributed by atoms with Crippen LogP contribution in [0, 0.1) is 5.92 Å². The Hall–Kier alpha value is -0.340. The van der Waals surface area contributed by atoms with Crippen molar-refractivity contribution in [3.63, 3.8) is 0 Å². The zero-order valence-electron chi connectivity index (χ0n) is 8.29. The maximum Gasteiger partial charge on any atom is 0.0333 e. The molecule has 0 bridgehead atoms. The van der Waals surface area contributed by atoms with Gasteiger partial charge in [0.2, 0.25) is 0 Å². The zero-order chi connectivity index (χ0) is 9.26. The van der Waals surface area contributed by atoms with Gasteiger partial charge in [-0.05, 0) is 48.1 Å². The van der Waals surface area contributed by atoms with Crippen molar-refractivity contribution in [3.8, 4) is 0 Å². The summed E-state index contributed by atoms with van der Waals surface area (Å²) in [5.41, 5.74) is 1.48. The van der Waals surface area contributed by atoms with Crippen molar-refractivity contribution in [1.29, 1.82) is 0 Å². The molecule has 3 atom stereocenters. The molecule has 1 aromatic heterocycles. The van der Waals surface area contributed by atoms with Gasteiger partial charge in [0.05, 0.1) is 0 Å². The Bertz CT molecular complexity index is 245. The molecule has 1 fully saturated rings. The van der Waals surface area contributed by atoms with Gasteiger partial charge in [-0.3, -0.25) is 0 Å². The number of piperidine rings is 1. The lowest BCUT2D eigenvalue weighted by molar-refractivity contribution is 0.270. The molecule has 2 heteroatoms. The lowest BCUT2D eigenvalue weighted by atomic mass is 9.88. The number of thiophene rings is 1. The summed E-state index contributed by atoms with van der Waals surface area (Å²) in [4.78, 5) is 0. The second-order valence-corrected chi connectivity index (χ2v) is 5.03. The summed E-state index contributed by atoms with van der Waals surface area (Å²) in [6, 6.07) is 3.52. The van der Waals surface area contributed by atoms with Crippen LogP contribution in [0.4, 0.5) is 0 Å². The average molecular weight is 195 g/mol. The van der Waals surface area contributed by atoms with E-state index < -0.39 is 0 Å². The Morgan fingerprint density at radius 1 is 1.38 bits per heavy atom. The van der Waals surface area contributed by atoms with Gasteiger partial charge in [-0.1, -0.05) is 6.92 Å². The van der Waals surface area contributed by atoms with Gasteiger partial charge >= 0.3 is 0 Å². The van der Waals surface area contributed by atoms with Gasteiger partial charge in [-0.2, -0.15) is 11.3 Å². The number of rotatable bonds is 1. The van der Waals surface area contributed by atoms with E-state index in [4.69, 9.17) is 0 Å². The molecule has 13 heavy (non-hydrogen) atoms. The predicted octanol–water partition coefficient (Wildman–Crippen LogP) is 3.20. The molecule has 0 saturated carbocycles. The molecule has 1 N–H and O–H groups in total. The van der Waals surface area contributed by atoms with Gasteiger partial charge < -0.3 is 5.32 Å². The third-order valence-corrected chi connectivity index (χ3v) is 3.53. The minimum Gasteiger partial charge on any atom is -0.307 e. The zero-order valence-corrected chi connectivity index (χ0v) is 9.10.